The highest BCUT2D eigenvalue weighted by Gasteiger charge is 2.16. The Labute approximate surface area is 174 Å². The Hall–Kier alpha value is -3.67. The fourth-order valence-electron chi connectivity index (χ4n) is 2.70. The number of amides is 2. The second-order valence-electron chi connectivity index (χ2n) is 7.79. The van der Waals surface area contributed by atoms with Gasteiger partial charge in [-0.3, -0.25) is 9.59 Å². The number of anilines is 1. The van der Waals surface area contributed by atoms with Crippen LogP contribution in [0.4, 0.5) is 10.1 Å². The lowest BCUT2D eigenvalue weighted by molar-refractivity contribution is 0.0918. The normalized spacial score (nSPS) is 10.9. The van der Waals surface area contributed by atoms with Crippen molar-refractivity contribution >= 4 is 17.5 Å². The molecule has 3 aromatic carbocycles. The lowest BCUT2D eigenvalue weighted by Gasteiger charge is -2.20. The van der Waals surface area contributed by atoms with Crippen LogP contribution in [0.1, 0.15) is 41.5 Å². The summed E-state index contributed by atoms with van der Waals surface area (Å²) in [4.78, 5) is 24.9. The van der Waals surface area contributed by atoms with Crippen LogP contribution in [0.5, 0.6) is 11.5 Å². The van der Waals surface area contributed by atoms with Crippen LogP contribution in [-0.4, -0.2) is 17.4 Å². The van der Waals surface area contributed by atoms with Crippen LogP contribution in [0.3, 0.4) is 0 Å². The molecule has 2 amide bonds. The van der Waals surface area contributed by atoms with E-state index in [2.05, 4.69) is 10.6 Å². The van der Waals surface area contributed by atoms with Gasteiger partial charge in [-0.05, 0) is 69.3 Å². The lowest BCUT2D eigenvalue weighted by atomic mass is 10.1. The third kappa shape index (κ3) is 5.67. The van der Waals surface area contributed by atoms with Gasteiger partial charge in [0.2, 0.25) is 0 Å². The summed E-state index contributed by atoms with van der Waals surface area (Å²) >= 11 is 0. The van der Waals surface area contributed by atoms with Crippen molar-refractivity contribution in [3.63, 3.8) is 0 Å². The van der Waals surface area contributed by atoms with Crippen molar-refractivity contribution in [2.24, 2.45) is 0 Å². The first-order valence-corrected chi connectivity index (χ1v) is 9.48. The van der Waals surface area contributed by atoms with E-state index >= 15 is 0 Å². The van der Waals surface area contributed by atoms with Gasteiger partial charge in [0.15, 0.2) is 5.75 Å². The molecule has 154 valence electrons. The number of hydrogen-bond donors (Lipinski definition) is 2. The smallest absolute Gasteiger partial charge is 0.255 e. The maximum atomic E-state index is 13.4. The van der Waals surface area contributed by atoms with Gasteiger partial charge in [0.25, 0.3) is 11.8 Å². The van der Waals surface area contributed by atoms with E-state index in [4.69, 9.17) is 4.74 Å². The van der Waals surface area contributed by atoms with Crippen LogP contribution in [0, 0.1) is 5.82 Å². The number of hydrogen-bond acceptors (Lipinski definition) is 3. The van der Waals surface area contributed by atoms with E-state index in [-0.39, 0.29) is 17.4 Å². The summed E-state index contributed by atoms with van der Waals surface area (Å²) in [5.74, 6) is -0.260. The fourth-order valence-corrected chi connectivity index (χ4v) is 2.70. The molecule has 6 heteroatoms. The average molecular weight is 406 g/mol. The van der Waals surface area contributed by atoms with Crippen LogP contribution in [0.25, 0.3) is 0 Å². The Morgan fingerprint density at radius 3 is 2.10 bits per heavy atom. The monoisotopic (exact) mass is 406 g/mol. The quantitative estimate of drug-likeness (QED) is 0.596. The molecule has 5 nitrogen and oxygen atoms in total. The Bertz CT molecular complexity index is 1060. The molecule has 0 aromatic heterocycles. The third-order valence-corrected chi connectivity index (χ3v) is 4.06. The summed E-state index contributed by atoms with van der Waals surface area (Å²) in [5.41, 5.74) is 0.957. The van der Waals surface area contributed by atoms with Crippen LogP contribution >= 0.6 is 0 Å². The highest BCUT2D eigenvalue weighted by Crippen LogP contribution is 2.30. The molecule has 0 heterocycles. The number of carbonyl (C=O) groups is 2. The standard InChI is InChI=1S/C24H23FN2O3/c1-24(2,3)27-23(29)17-13-11-16(12-14-17)22(28)26-20-9-4-5-10-21(20)30-19-8-6-7-18(25)15-19/h4-15H,1-3H3,(H,26,28)(H,27,29). The molecule has 3 rings (SSSR count). The Morgan fingerprint density at radius 2 is 1.47 bits per heavy atom. The summed E-state index contributed by atoms with van der Waals surface area (Å²) in [6.45, 7) is 5.70. The van der Waals surface area contributed by atoms with Crippen molar-refractivity contribution < 1.29 is 18.7 Å². The molecule has 0 saturated carbocycles. The van der Waals surface area contributed by atoms with Gasteiger partial charge in [-0.1, -0.05) is 18.2 Å². The van der Waals surface area contributed by atoms with Gasteiger partial charge in [-0.2, -0.15) is 0 Å². The van der Waals surface area contributed by atoms with Crippen molar-refractivity contribution in [2.75, 3.05) is 5.32 Å². The summed E-state index contributed by atoms with van der Waals surface area (Å²) in [7, 11) is 0. The zero-order valence-electron chi connectivity index (χ0n) is 17.0. The first-order chi connectivity index (χ1) is 14.2. The lowest BCUT2D eigenvalue weighted by Crippen LogP contribution is -2.40. The van der Waals surface area contributed by atoms with Crippen LogP contribution < -0.4 is 15.4 Å². The van der Waals surface area contributed by atoms with Gasteiger partial charge in [0.1, 0.15) is 11.6 Å². The number of nitrogens with one attached hydrogen (secondary N) is 2. The number of para-hydroxylation sites is 2. The van der Waals surface area contributed by atoms with Crippen LogP contribution in [0.15, 0.2) is 72.8 Å². The van der Waals surface area contributed by atoms with E-state index in [0.29, 0.717) is 28.3 Å². The molecule has 0 aliphatic heterocycles. The zero-order valence-corrected chi connectivity index (χ0v) is 17.0. The van der Waals surface area contributed by atoms with Crippen molar-refractivity contribution in [1.29, 1.82) is 0 Å². The van der Waals surface area contributed by atoms with E-state index in [1.807, 2.05) is 20.8 Å². The Balaban J connectivity index is 1.73. The number of benzene rings is 3. The molecule has 0 saturated heterocycles. The minimum absolute atomic E-state index is 0.205. The van der Waals surface area contributed by atoms with Crippen LogP contribution in [0.2, 0.25) is 0 Å². The van der Waals surface area contributed by atoms with E-state index in [9.17, 15) is 14.0 Å². The van der Waals surface area contributed by atoms with E-state index < -0.39 is 5.82 Å². The maximum absolute atomic E-state index is 13.4. The molecule has 0 unspecified atom stereocenters. The first kappa shape index (κ1) is 21.0. The number of carbonyl (C=O) groups excluding carboxylic acids is 2. The Morgan fingerprint density at radius 1 is 0.833 bits per heavy atom. The predicted octanol–water partition coefficient (Wildman–Crippen LogP) is 5.40. The topological polar surface area (TPSA) is 67.4 Å². The minimum atomic E-state index is -0.412. The van der Waals surface area contributed by atoms with Gasteiger partial charge >= 0.3 is 0 Å². The summed E-state index contributed by atoms with van der Waals surface area (Å²) in [6.07, 6.45) is 0. The number of halogens is 1. The largest absolute Gasteiger partial charge is 0.455 e. The molecule has 0 fully saturated rings. The predicted molar refractivity (Wildman–Crippen MR) is 115 cm³/mol. The van der Waals surface area contributed by atoms with Gasteiger partial charge in [-0.25, -0.2) is 4.39 Å². The Kier molecular flexibility index (Phi) is 6.16. The van der Waals surface area contributed by atoms with Gasteiger partial charge < -0.3 is 15.4 Å². The molecule has 0 bridgehead atoms. The molecule has 0 aliphatic carbocycles. The first-order valence-electron chi connectivity index (χ1n) is 9.48. The highest BCUT2D eigenvalue weighted by atomic mass is 19.1. The van der Waals surface area contributed by atoms with Gasteiger partial charge in [0, 0.05) is 22.7 Å². The second-order valence-corrected chi connectivity index (χ2v) is 7.79. The number of rotatable bonds is 5. The fraction of sp³-hybridized carbons (Fsp3) is 0.167. The molecular formula is C24H23FN2O3. The van der Waals surface area contributed by atoms with E-state index in [1.54, 1.807) is 60.7 Å². The molecule has 0 radical (unpaired) electrons. The van der Waals surface area contributed by atoms with E-state index in [0.717, 1.165) is 0 Å². The van der Waals surface area contributed by atoms with Crippen molar-refractivity contribution in [2.45, 2.75) is 26.3 Å². The van der Waals surface area contributed by atoms with Crippen LogP contribution in [-0.2, 0) is 0 Å². The molecule has 0 spiro atoms. The molecule has 0 aliphatic rings. The molecular weight excluding hydrogens is 383 g/mol. The zero-order chi connectivity index (χ0) is 21.7. The van der Waals surface area contributed by atoms with Gasteiger partial charge in [-0.15, -0.1) is 0 Å². The average Bonchev–Trinajstić information content (AvgIpc) is 2.68. The third-order valence-electron chi connectivity index (χ3n) is 4.06. The second kappa shape index (κ2) is 8.78. The SMILES string of the molecule is CC(C)(C)NC(=O)c1ccc(C(=O)Nc2ccccc2Oc2cccc(F)c2)cc1. The number of ether oxygens (including phenoxy) is 1. The minimum Gasteiger partial charge on any atom is -0.455 e. The molecule has 2 N–H and O–H groups in total. The summed E-state index contributed by atoms with van der Waals surface area (Å²) in [6, 6.07) is 19.0. The maximum Gasteiger partial charge on any atom is 0.255 e. The van der Waals surface area contributed by atoms with Crippen molar-refractivity contribution in [3.05, 3.63) is 89.7 Å². The molecule has 3 aromatic rings. The summed E-state index contributed by atoms with van der Waals surface area (Å²) < 4.78 is 19.1. The van der Waals surface area contributed by atoms with Crippen molar-refractivity contribution in [3.8, 4) is 11.5 Å². The molecule has 30 heavy (non-hydrogen) atoms. The van der Waals surface area contributed by atoms with Crippen molar-refractivity contribution in [1.82, 2.24) is 5.32 Å². The van der Waals surface area contributed by atoms with E-state index in [1.165, 1.54) is 12.1 Å². The summed E-state index contributed by atoms with van der Waals surface area (Å²) in [5, 5.41) is 5.67. The highest BCUT2D eigenvalue weighted by molar-refractivity contribution is 6.05. The van der Waals surface area contributed by atoms with Gasteiger partial charge in [0.05, 0.1) is 5.69 Å². The molecule has 0 atom stereocenters.